The summed E-state index contributed by atoms with van der Waals surface area (Å²) in [5, 5.41) is 9.72. The van der Waals surface area contributed by atoms with Crippen LogP contribution in [0, 0.1) is 16.7 Å². The van der Waals surface area contributed by atoms with Gasteiger partial charge in [0.25, 0.3) is 0 Å². The molecule has 0 saturated carbocycles. The van der Waals surface area contributed by atoms with Crippen molar-refractivity contribution in [1.29, 1.82) is 5.26 Å². The van der Waals surface area contributed by atoms with E-state index < -0.39 is 28.6 Å². The largest absolute Gasteiger partial charge is 0.460 e. The number of hydrogen-bond acceptors (Lipinski definition) is 5. The van der Waals surface area contributed by atoms with E-state index >= 15 is 0 Å². The highest BCUT2D eigenvalue weighted by Crippen LogP contribution is 2.38. The van der Waals surface area contributed by atoms with E-state index in [2.05, 4.69) is 6.07 Å². The second kappa shape index (κ2) is 10.3. The molecule has 0 bridgehead atoms. The topological polar surface area (TPSA) is 56.6 Å². The number of piperidine rings is 1. The van der Waals surface area contributed by atoms with E-state index in [1.165, 1.54) is 18.9 Å². The Labute approximate surface area is 186 Å². The van der Waals surface area contributed by atoms with Crippen LogP contribution in [-0.2, 0) is 16.1 Å². The molecule has 1 saturated heterocycles. The number of allylic oxidation sites excluding steroid dienone is 1. The minimum absolute atomic E-state index is 0.0123. The maximum absolute atomic E-state index is 13.7. The summed E-state index contributed by atoms with van der Waals surface area (Å²) >= 11 is 6.10. The van der Waals surface area contributed by atoms with Crippen molar-refractivity contribution in [2.75, 3.05) is 20.1 Å². The summed E-state index contributed by atoms with van der Waals surface area (Å²) in [7, 11) is 1.51. The highest BCUT2D eigenvalue weighted by molar-refractivity contribution is 6.20. The number of halogens is 4. The number of hydrogen-bond donors (Lipinski definition) is 0. The molecule has 0 spiro atoms. The number of esters is 1. The van der Waals surface area contributed by atoms with Gasteiger partial charge in [-0.05, 0) is 31.7 Å². The van der Waals surface area contributed by atoms with Crippen LogP contribution in [0.5, 0.6) is 0 Å². The molecule has 0 radical (unpaired) electrons. The number of likely N-dealkylation sites (tertiary alicyclic amines) is 1. The summed E-state index contributed by atoms with van der Waals surface area (Å²) in [5.74, 6) is -0.656. The van der Waals surface area contributed by atoms with Crippen molar-refractivity contribution in [1.82, 2.24) is 9.80 Å². The van der Waals surface area contributed by atoms with E-state index in [4.69, 9.17) is 16.3 Å². The average molecular weight is 458 g/mol. The van der Waals surface area contributed by atoms with Gasteiger partial charge in [-0.15, -0.1) is 0 Å². The maximum Gasteiger partial charge on any atom is 0.416 e. The van der Waals surface area contributed by atoms with Crippen LogP contribution < -0.4 is 0 Å². The van der Waals surface area contributed by atoms with Gasteiger partial charge in [0.05, 0.1) is 11.6 Å². The van der Waals surface area contributed by atoms with Crippen molar-refractivity contribution in [3.05, 3.63) is 47.3 Å². The molecule has 0 aromatic heterocycles. The lowest BCUT2D eigenvalue weighted by Gasteiger charge is -2.42. The fourth-order valence-corrected chi connectivity index (χ4v) is 3.70. The molecule has 0 aliphatic carbocycles. The molecule has 1 fully saturated rings. The summed E-state index contributed by atoms with van der Waals surface area (Å²) in [5.41, 5.74) is -1.94. The van der Waals surface area contributed by atoms with Crippen LogP contribution in [0.2, 0.25) is 0 Å². The normalized spacial score (nSPS) is 17.9. The SMILES string of the molecule is CC/C(=C(/N1CCC(C#N)(C(=O)OCc2ccccc2)CC1)N(C)C(C)Cl)C(F)(F)F. The Hall–Kier alpha value is -2.40. The Morgan fingerprint density at radius 1 is 1.32 bits per heavy atom. The van der Waals surface area contributed by atoms with Gasteiger partial charge < -0.3 is 14.5 Å². The summed E-state index contributed by atoms with van der Waals surface area (Å²) in [6.45, 7) is 3.29. The molecule has 1 aliphatic rings. The lowest BCUT2D eigenvalue weighted by atomic mass is 9.79. The van der Waals surface area contributed by atoms with Gasteiger partial charge >= 0.3 is 12.1 Å². The zero-order chi connectivity index (χ0) is 23.2. The molecule has 2 rings (SSSR count). The van der Waals surface area contributed by atoms with E-state index in [-0.39, 0.29) is 44.8 Å². The van der Waals surface area contributed by atoms with Crippen molar-refractivity contribution in [3.63, 3.8) is 0 Å². The van der Waals surface area contributed by atoms with Crippen LogP contribution in [0.3, 0.4) is 0 Å². The fourth-order valence-electron chi connectivity index (χ4n) is 3.60. The number of nitrogens with zero attached hydrogens (tertiary/aromatic N) is 3. The number of carbonyl (C=O) groups excluding carboxylic acids is 1. The Kier molecular flexibility index (Phi) is 8.24. The first kappa shape index (κ1) is 24.9. The first-order valence-electron chi connectivity index (χ1n) is 10.1. The third-order valence-corrected chi connectivity index (χ3v) is 5.86. The molecule has 9 heteroatoms. The van der Waals surface area contributed by atoms with E-state index in [0.29, 0.717) is 0 Å². The van der Waals surface area contributed by atoms with E-state index in [1.807, 2.05) is 18.2 Å². The Morgan fingerprint density at radius 2 is 1.90 bits per heavy atom. The highest BCUT2D eigenvalue weighted by Gasteiger charge is 2.46. The first-order valence-corrected chi connectivity index (χ1v) is 10.5. The molecule has 170 valence electrons. The number of nitriles is 1. The van der Waals surface area contributed by atoms with Crippen molar-refractivity contribution in [2.45, 2.75) is 51.4 Å². The van der Waals surface area contributed by atoms with Crippen LogP contribution in [0.1, 0.15) is 38.7 Å². The zero-order valence-electron chi connectivity index (χ0n) is 17.9. The number of carbonyl (C=O) groups is 1. The van der Waals surface area contributed by atoms with Crippen LogP contribution in [-0.4, -0.2) is 47.6 Å². The lowest BCUT2D eigenvalue weighted by Crippen LogP contribution is -2.48. The van der Waals surface area contributed by atoms with E-state index in [0.717, 1.165) is 5.56 Å². The van der Waals surface area contributed by atoms with Gasteiger partial charge in [0.15, 0.2) is 5.41 Å². The van der Waals surface area contributed by atoms with E-state index in [9.17, 15) is 23.2 Å². The minimum Gasteiger partial charge on any atom is -0.460 e. The summed E-state index contributed by atoms with van der Waals surface area (Å²) in [6.07, 6.45) is -4.59. The fraction of sp³-hybridized carbons (Fsp3) is 0.545. The van der Waals surface area contributed by atoms with Crippen molar-refractivity contribution in [3.8, 4) is 6.07 Å². The molecule has 1 atom stereocenters. The predicted octanol–water partition coefficient (Wildman–Crippen LogP) is 5.04. The summed E-state index contributed by atoms with van der Waals surface area (Å²) in [4.78, 5) is 15.6. The van der Waals surface area contributed by atoms with Crippen LogP contribution in [0.15, 0.2) is 41.7 Å². The maximum atomic E-state index is 13.7. The molecule has 0 N–H and O–H groups in total. The number of ether oxygens (including phenoxy) is 1. The van der Waals surface area contributed by atoms with Crippen molar-refractivity contribution < 1.29 is 22.7 Å². The van der Waals surface area contributed by atoms with Gasteiger partial charge in [-0.1, -0.05) is 48.9 Å². The zero-order valence-corrected chi connectivity index (χ0v) is 18.6. The van der Waals surface area contributed by atoms with E-state index in [1.54, 1.807) is 24.0 Å². The Morgan fingerprint density at radius 3 is 2.35 bits per heavy atom. The van der Waals surface area contributed by atoms with Gasteiger partial charge in [-0.25, -0.2) is 0 Å². The highest BCUT2D eigenvalue weighted by atomic mass is 35.5. The summed E-state index contributed by atoms with van der Waals surface area (Å²) in [6, 6.07) is 11.1. The lowest BCUT2D eigenvalue weighted by molar-refractivity contribution is -0.156. The van der Waals surface area contributed by atoms with Gasteiger partial charge in [0.1, 0.15) is 17.9 Å². The van der Waals surface area contributed by atoms with Crippen LogP contribution >= 0.6 is 11.6 Å². The van der Waals surface area contributed by atoms with Crippen LogP contribution in [0.25, 0.3) is 0 Å². The molecule has 5 nitrogen and oxygen atoms in total. The number of benzene rings is 1. The Bertz CT molecular complexity index is 827. The molecule has 1 aromatic rings. The molecule has 1 heterocycles. The van der Waals surface area contributed by atoms with Crippen molar-refractivity contribution in [2.24, 2.45) is 5.41 Å². The van der Waals surface area contributed by atoms with Gasteiger partial charge in [-0.2, -0.15) is 18.4 Å². The van der Waals surface area contributed by atoms with Crippen LogP contribution in [0.4, 0.5) is 13.2 Å². The second-order valence-electron chi connectivity index (χ2n) is 7.58. The molecule has 0 amide bonds. The summed E-state index contributed by atoms with van der Waals surface area (Å²) < 4.78 is 46.4. The second-order valence-corrected chi connectivity index (χ2v) is 8.21. The third-order valence-electron chi connectivity index (χ3n) is 5.57. The minimum atomic E-state index is -4.51. The Balaban J connectivity index is 2.20. The molecule has 31 heavy (non-hydrogen) atoms. The predicted molar refractivity (Wildman–Crippen MR) is 112 cm³/mol. The van der Waals surface area contributed by atoms with Gasteiger partial charge in [-0.3, -0.25) is 4.79 Å². The molecular weight excluding hydrogens is 431 g/mol. The van der Waals surface area contributed by atoms with Crippen molar-refractivity contribution >= 4 is 17.6 Å². The quantitative estimate of drug-likeness (QED) is 0.326. The molecule has 1 aromatic carbocycles. The number of rotatable bonds is 7. The average Bonchev–Trinajstić information content (AvgIpc) is 2.75. The smallest absolute Gasteiger partial charge is 0.416 e. The molecule has 1 unspecified atom stereocenters. The number of alkyl halides is 4. The van der Waals surface area contributed by atoms with Gasteiger partial charge in [0.2, 0.25) is 0 Å². The molecule has 1 aliphatic heterocycles. The van der Waals surface area contributed by atoms with Gasteiger partial charge in [0, 0.05) is 20.1 Å². The standard InChI is InChI=1S/C22H27ClF3N3O2/c1-4-18(22(24,25)26)19(28(3)16(2)23)29-12-10-21(15-27,11-13-29)20(30)31-14-17-8-6-5-7-9-17/h5-9,16H,4,10-14H2,1-3H3/b19-18-. The third kappa shape index (κ3) is 5.85. The first-order chi connectivity index (χ1) is 14.6. The molecular formula is C22H27ClF3N3O2. The monoisotopic (exact) mass is 457 g/mol.